The zero-order valence-corrected chi connectivity index (χ0v) is 18.0. The van der Waals surface area contributed by atoms with Crippen LogP contribution in [0.2, 0.25) is 0 Å². The Balaban J connectivity index is 1.59. The van der Waals surface area contributed by atoms with E-state index in [4.69, 9.17) is 0 Å². The predicted molar refractivity (Wildman–Crippen MR) is 118 cm³/mol. The molecular weight excluding hydrogens is 402 g/mol. The first-order chi connectivity index (χ1) is 14.3. The first-order valence-corrected chi connectivity index (χ1v) is 11.7. The van der Waals surface area contributed by atoms with E-state index in [0.29, 0.717) is 36.4 Å². The second-order valence-corrected chi connectivity index (χ2v) is 9.48. The number of hydrogen-bond acceptors (Lipinski definition) is 4. The highest BCUT2D eigenvalue weighted by Crippen LogP contribution is 2.24. The summed E-state index contributed by atoms with van der Waals surface area (Å²) >= 11 is 0. The Kier molecular flexibility index (Phi) is 6.77. The number of benzene rings is 2. The normalized spacial score (nSPS) is 16.1. The van der Waals surface area contributed by atoms with Crippen LogP contribution in [0.1, 0.15) is 42.6 Å². The first-order valence-electron chi connectivity index (χ1n) is 10.1. The minimum atomic E-state index is -3.24. The number of rotatable bonds is 7. The number of carbonyl (C=O) groups excluding carboxylic acids is 2. The fourth-order valence-corrected chi connectivity index (χ4v) is 4.77. The zero-order valence-electron chi connectivity index (χ0n) is 17.2. The van der Waals surface area contributed by atoms with Gasteiger partial charge in [-0.15, -0.1) is 0 Å². The molecule has 1 saturated heterocycles. The molecule has 1 aliphatic heterocycles. The Labute approximate surface area is 177 Å². The van der Waals surface area contributed by atoms with E-state index in [9.17, 15) is 18.0 Å². The van der Waals surface area contributed by atoms with E-state index < -0.39 is 10.0 Å². The van der Waals surface area contributed by atoms with Crippen LogP contribution in [0.5, 0.6) is 0 Å². The lowest BCUT2D eigenvalue weighted by Crippen LogP contribution is -2.25. The molecule has 2 N–H and O–H groups in total. The maximum Gasteiger partial charge on any atom is 0.251 e. The maximum absolute atomic E-state index is 12.5. The van der Waals surface area contributed by atoms with Crippen molar-refractivity contribution < 1.29 is 18.0 Å². The van der Waals surface area contributed by atoms with Gasteiger partial charge in [0.05, 0.1) is 11.4 Å². The molecule has 30 heavy (non-hydrogen) atoms. The molecule has 3 rings (SSSR count). The molecule has 0 bridgehead atoms. The Morgan fingerprint density at radius 1 is 1.13 bits per heavy atom. The number of nitrogens with zero attached hydrogens (tertiary/aromatic N) is 1. The van der Waals surface area contributed by atoms with Gasteiger partial charge >= 0.3 is 0 Å². The Bertz CT molecular complexity index is 1020. The van der Waals surface area contributed by atoms with Crippen molar-refractivity contribution in [3.05, 3.63) is 59.7 Å². The molecule has 1 atom stereocenters. The van der Waals surface area contributed by atoms with Gasteiger partial charge in [0.1, 0.15) is 0 Å². The van der Waals surface area contributed by atoms with Crippen molar-refractivity contribution in [2.24, 2.45) is 5.92 Å². The van der Waals surface area contributed by atoms with E-state index in [2.05, 4.69) is 10.6 Å². The Morgan fingerprint density at radius 3 is 2.50 bits per heavy atom. The van der Waals surface area contributed by atoms with Crippen LogP contribution in [0.25, 0.3) is 0 Å². The summed E-state index contributed by atoms with van der Waals surface area (Å²) in [6, 6.07) is 13.9. The third-order valence-electron chi connectivity index (χ3n) is 5.22. The standard InChI is InChI=1S/C22H27N3O4S/c1-3-16(2)21(26)24-19-7-4-6-17(14-19)15-23-22(27)18-8-10-20(11-9-18)25-12-5-13-30(25,28)29/h4,6-11,14,16H,3,5,12-13,15H2,1-2H3,(H,23,27)(H,24,26). The summed E-state index contributed by atoms with van der Waals surface area (Å²) in [6.45, 7) is 4.63. The van der Waals surface area contributed by atoms with Gasteiger partial charge in [-0.25, -0.2) is 8.42 Å². The van der Waals surface area contributed by atoms with Gasteiger partial charge < -0.3 is 10.6 Å². The maximum atomic E-state index is 12.5. The van der Waals surface area contributed by atoms with Crippen molar-refractivity contribution >= 4 is 33.2 Å². The van der Waals surface area contributed by atoms with Gasteiger partial charge in [0, 0.05) is 30.3 Å². The van der Waals surface area contributed by atoms with Crippen LogP contribution in [0.15, 0.2) is 48.5 Å². The summed E-state index contributed by atoms with van der Waals surface area (Å²) in [6.07, 6.45) is 1.38. The first kappa shape index (κ1) is 21.8. The van der Waals surface area contributed by atoms with Crippen LogP contribution in [-0.2, 0) is 21.4 Å². The monoisotopic (exact) mass is 429 g/mol. The molecular formula is C22H27N3O4S. The van der Waals surface area contributed by atoms with Crippen molar-refractivity contribution in [3.63, 3.8) is 0 Å². The van der Waals surface area contributed by atoms with Crippen molar-refractivity contribution in [1.29, 1.82) is 0 Å². The van der Waals surface area contributed by atoms with Gasteiger partial charge in [-0.05, 0) is 54.8 Å². The highest BCUT2D eigenvalue weighted by Gasteiger charge is 2.28. The van der Waals surface area contributed by atoms with Crippen LogP contribution < -0.4 is 14.9 Å². The minimum Gasteiger partial charge on any atom is -0.348 e. The summed E-state index contributed by atoms with van der Waals surface area (Å²) in [5.41, 5.74) is 2.60. The van der Waals surface area contributed by atoms with Gasteiger partial charge in [-0.3, -0.25) is 13.9 Å². The molecule has 0 aromatic heterocycles. The highest BCUT2D eigenvalue weighted by atomic mass is 32.2. The van der Waals surface area contributed by atoms with E-state index in [0.717, 1.165) is 12.0 Å². The lowest BCUT2D eigenvalue weighted by atomic mass is 10.1. The van der Waals surface area contributed by atoms with Crippen molar-refractivity contribution in [2.75, 3.05) is 21.9 Å². The number of nitrogens with one attached hydrogen (secondary N) is 2. The van der Waals surface area contributed by atoms with Gasteiger partial charge in [0.25, 0.3) is 5.91 Å². The van der Waals surface area contributed by atoms with E-state index in [1.165, 1.54) is 4.31 Å². The fourth-order valence-electron chi connectivity index (χ4n) is 3.20. The molecule has 2 aromatic rings. The van der Waals surface area contributed by atoms with Crippen molar-refractivity contribution in [3.8, 4) is 0 Å². The smallest absolute Gasteiger partial charge is 0.251 e. The summed E-state index contributed by atoms with van der Waals surface area (Å²) < 4.78 is 25.4. The molecule has 160 valence electrons. The molecule has 2 amide bonds. The van der Waals surface area contributed by atoms with Crippen LogP contribution in [-0.4, -0.2) is 32.5 Å². The number of anilines is 2. The quantitative estimate of drug-likeness (QED) is 0.707. The molecule has 0 aliphatic carbocycles. The number of amides is 2. The number of sulfonamides is 1. The third kappa shape index (κ3) is 5.18. The number of carbonyl (C=O) groups is 2. The topological polar surface area (TPSA) is 95.6 Å². The molecule has 1 heterocycles. The molecule has 1 fully saturated rings. The zero-order chi connectivity index (χ0) is 21.7. The lowest BCUT2D eigenvalue weighted by molar-refractivity contribution is -0.119. The van der Waals surface area contributed by atoms with E-state index in [-0.39, 0.29) is 23.5 Å². The van der Waals surface area contributed by atoms with Crippen molar-refractivity contribution in [1.82, 2.24) is 5.32 Å². The van der Waals surface area contributed by atoms with Crippen LogP contribution >= 0.6 is 0 Å². The number of hydrogen-bond donors (Lipinski definition) is 2. The van der Waals surface area contributed by atoms with Crippen LogP contribution in [0, 0.1) is 5.92 Å². The molecule has 0 radical (unpaired) electrons. The largest absolute Gasteiger partial charge is 0.348 e. The third-order valence-corrected chi connectivity index (χ3v) is 7.09. The summed E-state index contributed by atoms with van der Waals surface area (Å²) in [5, 5.41) is 5.74. The average molecular weight is 430 g/mol. The van der Waals surface area contributed by atoms with E-state index >= 15 is 0 Å². The second kappa shape index (κ2) is 9.30. The Hall–Kier alpha value is -2.87. The van der Waals surface area contributed by atoms with E-state index in [1.807, 2.05) is 38.1 Å². The van der Waals surface area contributed by atoms with Crippen molar-refractivity contribution in [2.45, 2.75) is 33.2 Å². The molecule has 2 aromatic carbocycles. The van der Waals surface area contributed by atoms with Gasteiger partial charge in [-0.2, -0.15) is 0 Å². The fraction of sp³-hybridized carbons (Fsp3) is 0.364. The van der Waals surface area contributed by atoms with Crippen LogP contribution in [0.4, 0.5) is 11.4 Å². The SMILES string of the molecule is CCC(C)C(=O)Nc1cccc(CNC(=O)c2ccc(N3CCCS3(=O)=O)cc2)c1. The Morgan fingerprint density at radius 2 is 1.87 bits per heavy atom. The van der Waals surface area contributed by atoms with Gasteiger partial charge in [0.2, 0.25) is 15.9 Å². The summed E-state index contributed by atoms with van der Waals surface area (Å²) in [4.78, 5) is 24.5. The highest BCUT2D eigenvalue weighted by molar-refractivity contribution is 7.93. The summed E-state index contributed by atoms with van der Waals surface area (Å²) in [5.74, 6) is -0.183. The average Bonchev–Trinajstić information content (AvgIpc) is 3.10. The molecule has 1 unspecified atom stereocenters. The lowest BCUT2D eigenvalue weighted by Gasteiger charge is -2.17. The van der Waals surface area contributed by atoms with Gasteiger partial charge in [0.15, 0.2) is 0 Å². The summed E-state index contributed by atoms with van der Waals surface area (Å²) in [7, 11) is -3.24. The minimum absolute atomic E-state index is 0.0289. The second-order valence-electron chi connectivity index (χ2n) is 7.47. The molecule has 0 saturated carbocycles. The van der Waals surface area contributed by atoms with E-state index in [1.54, 1.807) is 24.3 Å². The molecule has 7 nitrogen and oxygen atoms in total. The molecule has 0 spiro atoms. The molecule has 1 aliphatic rings. The predicted octanol–water partition coefficient (Wildman–Crippen LogP) is 3.14. The molecule has 8 heteroatoms. The van der Waals surface area contributed by atoms with Gasteiger partial charge in [-0.1, -0.05) is 26.0 Å². The van der Waals surface area contributed by atoms with Crippen LogP contribution in [0.3, 0.4) is 0 Å².